The molecule has 0 spiro atoms. The normalized spacial score (nSPS) is 18.9. The highest BCUT2D eigenvalue weighted by atomic mass is 19.1. The summed E-state index contributed by atoms with van der Waals surface area (Å²) in [4.78, 5) is 17.1. The number of rotatable bonds is 7. The molecule has 2 aromatic rings. The van der Waals surface area contributed by atoms with E-state index in [0.29, 0.717) is 18.2 Å². The van der Waals surface area contributed by atoms with E-state index in [1.54, 1.807) is 12.1 Å². The van der Waals surface area contributed by atoms with Gasteiger partial charge in [-0.2, -0.15) is 5.10 Å². The quantitative estimate of drug-likeness (QED) is 0.673. The van der Waals surface area contributed by atoms with E-state index >= 15 is 0 Å². The van der Waals surface area contributed by atoms with Crippen LogP contribution in [0.2, 0.25) is 0 Å². The first-order valence-electron chi connectivity index (χ1n) is 11.6. The van der Waals surface area contributed by atoms with Gasteiger partial charge in [-0.05, 0) is 63.6 Å². The van der Waals surface area contributed by atoms with E-state index in [1.807, 2.05) is 30.8 Å². The number of likely N-dealkylation sites (N-methyl/N-ethyl adjacent to an activating group) is 1. The number of hydrogen-bond donors (Lipinski definition) is 0. The number of piperidine rings is 1. The van der Waals surface area contributed by atoms with E-state index in [-0.39, 0.29) is 17.8 Å². The van der Waals surface area contributed by atoms with Crippen molar-refractivity contribution in [2.24, 2.45) is 18.9 Å². The van der Waals surface area contributed by atoms with Gasteiger partial charge in [0, 0.05) is 50.4 Å². The van der Waals surface area contributed by atoms with Crippen LogP contribution in [0.3, 0.4) is 0 Å². The molecule has 2 aliphatic rings. The smallest absolute Gasteiger partial charge is 0.225 e. The van der Waals surface area contributed by atoms with Crippen molar-refractivity contribution in [1.82, 2.24) is 19.6 Å². The van der Waals surface area contributed by atoms with Gasteiger partial charge >= 0.3 is 0 Å². The van der Waals surface area contributed by atoms with Crippen molar-refractivity contribution in [1.29, 1.82) is 0 Å². The first-order chi connectivity index (χ1) is 14.9. The molecule has 1 aliphatic heterocycles. The molecule has 1 aromatic carbocycles. The Morgan fingerprint density at radius 3 is 2.48 bits per heavy atom. The molecule has 168 valence electrons. The number of aromatic nitrogens is 2. The lowest BCUT2D eigenvalue weighted by Crippen LogP contribution is -2.48. The number of carbonyl (C=O) groups is 1. The van der Waals surface area contributed by atoms with E-state index < -0.39 is 0 Å². The largest absolute Gasteiger partial charge is 0.342 e. The first-order valence-corrected chi connectivity index (χ1v) is 11.6. The van der Waals surface area contributed by atoms with Gasteiger partial charge in [0.15, 0.2) is 0 Å². The number of aryl methyl sites for hydroxylation is 2. The highest BCUT2D eigenvalue weighted by Crippen LogP contribution is 2.32. The zero-order valence-electron chi connectivity index (χ0n) is 19.1. The third-order valence-electron chi connectivity index (χ3n) is 7.34. The number of halogens is 1. The van der Waals surface area contributed by atoms with E-state index in [0.717, 1.165) is 56.6 Å². The fourth-order valence-electron chi connectivity index (χ4n) is 5.18. The fourth-order valence-corrected chi connectivity index (χ4v) is 5.18. The zero-order valence-corrected chi connectivity index (χ0v) is 19.1. The lowest BCUT2D eigenvalue weighted by Gasteiger charge is -2.41. The van der Waals surface area contributed by atoms with E-state index in [9.17, 15) is 9.18 Å². The second kappa shape index (κ2) is 9.51. The minimum absolute atomic E-state index is 0.129. The molecule has 1 saturated carbocycles. The monoisotopic (exact) mass is 426 g/mol. The third kappa shape index (κ3) is 5.00. The average Bonchev–Trinajstić information content (AvgIpc) is 3.02. The van der Waals surface area contributed by atoms with Crippen LogP contribution in [-0.4, -0.2) is 51.7 Å². The van der Waals surface area contributed by atoms with Gasteiger partial charge in [0.25, 0.3) is 0 Å². The molecule has 31 heavy (non-hydrogen) atoms. The van der Waals surface area contributed by atoms with Crippen molar-refractivity contribution in [3.05, 3.63) is 53.1 Å². The Morgan fingerprint density at radius 2 is 1.90 bits per heavy atom. The van der Waals surface area contributed by atoms with Gasteiger partial charge < -0.3 is 4.90 Å². The van der Waals surface area contributed by atoms with Crippen LogP contribution in [0, 0.1) is 24.6 Å². The Hall–Kier alpha value is -2.21. The van der Waals surface area contributed by atoms with Gasteiger partial charge in [0.05, 0.1) is 5.69 Å². The van der Waals surface area contributed by atoms with Crippen LogP contribution >= 0.6 is 0 Å². The maximum Gasteiger partial charge on any atom is 0.225 e. The Morgan fingerprint density at radius 1 is 1.19 bits per heavy atom. The van der Waals surface area contributed by atoms with Gasteiger partial charge in [0.1, 0.15) is 5.82 Å². The maximum absolute atomic E-state index is 14.5. The summed E-state index contributed by atoms with van der Waals surface area (Å²) < 4.78 is 16.3. The Kier molecular flexibility index (Phi) is 6.75. The first kappa shape index (κ1) is 22.0. The second-order valence-electron chi connectivity index (χ2n) is 9.48. The summed E-state index contributed by atoms with van der Waals surface area (Å²) in [5.74, 6) is 0.930. The average molecular weight is 427 g/mol. The van der Waals surface area contributed by atoms with Gasteiger partial charge in [-0.1, -0.05) is 24.6 Å². The Balaban J connectivity index is 1.47. The third-order valence-corrected chi connectivity index (χ3v) is 7.34. The van der Waals surface area contributed by atoms with Crippen molar-refractivity contribution >= 4 is 5.91 Å². The van der Waals surface area contributed by atoms with Crippen molar-refractivity contribution in [2.75, 3.05) is 20.1 Å². The summed E-state index contributed by atoms with van der Waals surface area (Å²) >= 11 is 0. The molecule has 5 nitrogen and oxygen atoms in total. The van der Waals surface area contributed by atoms with Crippen LogP contribution in [0.15, 0.2) is 30.5 Å². The van der Waals surface area contributed by atoms with Crippen LogP contribution in [-0.2, 0) is 24.8 Å². The Bertz CT molecular complexity index is 899. The van der Waals surface area contributed by atoms with Gasteiger partial charge in [-0.3, -0.25) is 14.4 Å². The minimum atomic E-state index is -0.129. The lowest BCUT2D eigenvalue weighted by atomic mass is 9.82. The van der Waals surface area contributed by atoms with Crippen LogP contribution in [0.25, 0.3) is 0 Å². The van der Waals surface area contributed by atoms with Crippen molar-refractivity contribution < 1.29 is 9.18 Å². The molecular formula is C25H35FN4O. The molecule has 1 atom stereocenters. The standard InChI is InChI=1S/C25H35FN4O/c1-18-22(17-29(3)27-18)16-28(2)24(15-21-7-4-5-10-23(21)26)19-11-13-30(14-12-19)25(31)20-8-6-9-20/h4-5,7,10,17,19-20,24H,6,8-9,11-16H2,1-3H3. The van der Waals surface area contributed by atoms with Gasteiger partial charge in [-0.25, -0.2) is 4.39 Å². The molecule has 4 rings (SSSR count). The number of likely N-dealkylation sites (tertiary alicyclic amines) is 1. The summed E-state index contributed by atoms with van der Waals surface area (Å²) in [6, 6.07) is 7.34. The number of hydrogen-bond acceptors (Lipinski definition) is 3. The highest BCUT2D eigenvalue weighted by molar-refractivity contribution is 5.79. The summed E-state index contributed by atoms with van der Waals surface area (Å²) in [6.45, 7) is 4.49. The highest BCUT2D eigenvalue weighted by Gasteiger charge is 2.35. The van der Waals surface area contributed by atoms with Gasteiger partial charge in [0.2, 0.25) is 5.91 Å². The van der Waals surface area contributed by atoms with Gasteiger partial charge in [-0.15, -0.1) is 0 Å². The van der Waals surface area contributed by atoms with E-state index in [2.05, 4.69) is 28.1 Å². The molecule has 2 heterocycles. The topological polar surface area (TPSA) is 41.4 Å². The molecule has 6 heteroatoms. The van der Waals surface area contributed by atoms with Crippen LogP contribution in [0.4, 0.5) is 4.39 Å². The summed E-state index contributed by atoms with van der Waals surface area (Å²) in [5.41, 5.74) is 3.02. The predicted molar refractivity (Wildman–Crippen MR) is 120 cm³/mol. The number of amides is 1. The van der Waals surface area contributed by atoms with E-state index in [1.165, 1.54) is 12.0 Å². The van der Waals surface area contributed by atoms with Crippen molar-refractivity contribution in [2.45, 2.75) is 58.0 Å². The zero-order chi connectivity index (χ0) is 22.0. The van der Waals surface area contributed by atoms with Crippen LogP contribution in [0.5, 0.6) is 0 Å². The summed E-state index contributed by atoms with van der Waals surface area (Å²) in [5, 5.41) is 4.48. The number of carbonyl (C=O) groups excluding carboxylic acids is 1. The second-order valence-corrected chi connectivity index (χ2v) is 9.48. The molecule has 1 unspecified atom stereocenters. The molecule has 1 aliphatic carbocycles. The molecule has 1 saturated heterocycles. The number of nitrogens with zero attached hydrogens (tertiary/aromatic N) is 4. The molecular weight excluding hydrogens is 391 g/mol. The summed E-state index contributed by atoms with van der Waals surface area (Å²) in [6.07, 6.45) is 8.03. The van der Waals surface area contributed by atoms with E-state index in [4.69, 9.17) is 0 Å². The van der Waals surface area contributed by atoms with Crippen molar-refractivity contribution in [3.63, 3.8) is 0 Å². The summed E-state index contributed by atoms with van der Waals surface area (Å²) in [7, 11) is 4.09. The molecule has 1 amide bonds. The lowest BCUT2D eigenvalue weighted by molar-refractivity contribution is -0.139. The molecule has 0 N–H and O–H groups in total. The SMILES string of the molecule is Cc1nn(C)cc1CN(C)C(Cc1ccccc1F)C1CCN(C(=O)C2CCC2)CC1. The molecule has 0 bridgehead atoms. The maximum atomic E-state index is 14.5. The fraction of sp³-hybridized carbons (Fsp3) is 0.600. The predicted octanol–water partition coefficient (Wildman–Crippen LogP) is 3.95. The van der Waals surface area contributed by atoms with Crippen molar-refractivity contribution in [3.8, 4) is 0 Å². The molecule has 2 fully saturated rings. The van der Waals surface area contributed by atoms with Crippen LogP contribution < -0.4 is 0 Å². The number of benzene rings is 1. The Labute approximate surface area is 185 Å². The minimum Gasteiger partial charge on any atom is -0.342 e. The molecule has 0 radical (unpaired) electrons. The van der Waals surface area contributed by atoms with Crippen LogP contribution in [0.1, 0.15) is 48.9 Å². The molecule has 1 aromatic heterocycles.